The van der Waals surface area contributed by atoms with E-state index in [1.165, 1.54) is 5.56 Å². The van der Waals surface area contributed by atoms with Crippen LogP contribution in [0.5, 0.6) is 0 Å². The summed E-state index contributed by atoms with van der Waals surface area (Å²) < 4.78 is 1.98. The first-order chi connectivity index (χ1) is 12.3. The van der Waals surface area contributed by atoms with Gasteiger partial charge in [-0.2, -0.15) is 5.10 Å². The van der Waals surface area contributed by atoms with E-state index in [2.05, 4.69) is 33.5 Å². The number of aromatic nitrogens is 4. The average Bonchev–Trinajstić information content (AvgIpc) is 3.02. The summed E-state index contributed by atoms with van der Waals surface area (Å²) >= 11 is 6.10. The summed E-state index contributed by atoms with van der Waals surface area (Å²) in [5, 5.41) is 9.27. The summed E-state index contributed by atoms with van der Waals surface area (Å²) in [5.74, 6) is 1.14. The third-order valence-corrected chi connectivity index (χ3v) is 4.30. The van der Waals surface area contributed by atoms with E-state index in [0.717, 1.165) is 16.6 Å². The number of anilines is 1. The van der Waals surface area contributed by atoms with Gasteiger partial charge in [0.25, 0.3) is 0 Å². The van der Waals surface area contributed by atoms with Gasteiger partial charge in [-0.15, -0.1) is 0 Å². The van der Waals surface area contributed by atoms with Gasteiger partial charge in [0.05, 0.1) is 18.3 Å². The van der Waals surface area contributed by atoms with E-state index in [4.69, 9.17) is 16.7 Å². The maximum Gasteiger partial charge on any atom is 0.182 e. The summed E-state index contributed by atoms with van der Waals surface area (Å²) in [5.41, 5.74) is 2.99. The van der Waals surface area contributed by atoms with Crippen molar-refractivity contribution in [2.24, 2.45) is 0 Å². The Balaban J connectivity index is 1.85. The Bertz CT molecular complexity index is 1030. The molecule has 0 amide bonds. The van der Waals surface area contributed by atoms with Crippen molar-refractivity contribution in [3.05, 3.63) is 71.4 Å². The molecule has 0 bridgehead atoms. The second kappa shape index (κ2) is 6.53. The van der Waals surface area contributed by atoms with Crippen LogP contribution in [0.2, 0.25) is 5.02 Å². The van der Waals surface area contributed by atoms with Crippen LogP contribution in [0.25, 0.3) is 22.4 Å². The Labute approximate surface area is 150 Å². The average molecular weight is 350 g/mol. The maximum absolute atomic E-state index is 6.10. The number of hydrogen-bond donors (Lipinski definition) is 1. The summed E-state index contributed by atoms with van der Waals surface area (Å²) in [6.45, 7) is 0.688. The van der Waals surface area contributed by atoms with Gasteiger partial charge in [0.1, 0.15) is 16.5 Å². The van der Waals surface area contributed by atoms with Crippen molar-refractivity contribution < 1.29 is 0 Å². The Kier molecular flexibility index (Phi) is 4.07. The lowest BCUT2D eigenvalue weighted by atomic mass is 10.2. The van der Waals surface area contributed by atoms with Crippen molar-refractivity contribution in [1.29, 1.82) is 0 Å². The fraction of sp³-hybridized carbons (Fsp3) is 0.105. The highest BCUT2D eigenvalue weighted by molar-refractivity contribution is 6.32. The Morgan fingerprint density at radius 2 is 1.80 bits per heavy atom. The van der Waals surface area contributed by atoms with Gasteiger partial charge in [-0.3, -0.25) is 4.68 Å². The Hall–Kier alpha value is -2.92. The van der Waals surface area contributed by atoms with Gasteiger partial charge in [0, 0.05) is 12.4 Å². The minimum atomic E-state index is 0.485. The van der Waals surface area contributed by atoms with Crippen molar-refractivity contribution in [1.82, 2.24) is 19.7 Å². The lowest BCUT2D eigenvalue weighted by molar-refractivity contribution is 0.713. The number of rotatable bonds is 4. The van der Waals surface area contributed by atoms with Crippen LogP contribution in [0.4, 0.5) is 5.82 Å². The zero-order valence-electron chi connectivity index (χ0n) is 13.6. The third-order valence-electron chi connectivity index (χ3n) is 4.03. The molecule has 4 aromatic rings. The van der Waals surface area contributed by atoms with Crippen molar-refractivity contribution in [2.45, 2.75) is 6.54 Å². The molecule has 2 aromatic heterocycles. The van der Waals surface area contributed by atoms with Crippen LogP contribution in [0.1, 0.15) is 5.56 Å². The molecule has 124 valence electrons. The zero-order chi connectivity index (χ0) is 17.2. The second-order valence-electron chi connectivity index (χ2n) is 5.65. The lowest BCUT2D eigenvalue weighted by Gasteiger charge is -2.04. The van der Waals surface area contributed by atoms with E-state index in [1.807, 2.05) is 41.1 Å². The molecular weight excluding hydrogens is 334 g/mol. The first-order valence-electron chi connectivity index (χ1n) is 7.96. The van der Waals surface area contributed by atoms with Crippen LogP contribution in [-0.4, -0.2) is 26.8 Å². The summed E-state index contributed by atoms with van der Waals surface area (Å²) in [6.07, 6.45) is 1.60. The molecule has 2 aromatic carbocycles. The van der Waals surface area contributed by atoms with E-state index in [9.17, 15) is 0 Å². The van der Waals surface area contributed by atoms with Crippen molar-refractivity contribution in [3.63, 3.8) is 0 Å². The number of nitrogens with zero attached hydrogens (tertiary/aromatic N) is 4. The molecule has 0 aliphatic rings. The minimum Gasteiger partial charge on any atom is -0.372 e. The fourth-order valence-corrected chi connectivity index (χ4v) is 3.01. The van der Waals surface area contributed by atoms with Gasteiger partial charge < -0.3 is 5.32 Å². The normalized spacial score (nSPS) is 11.0. The molecule has 25 heavy (non-hydrogen) atoms. The number of benzene rings is 2. The van der Waals surface area contributed by atoms with Gasteiger partial charge in [0.15, 0.2) is 5.82 Å². The number of halogens is 1. The molecule has 1 N–H and O–H groups in total. The van der Waals surface area contributed by atoms with E-state index in [-0.39, 0.29) is 0 Å². The third kappa shape index (κ3) is 2.94. The summed E-state index contributed by atoms with van der Waals surface area (Å²) in [6, 6.07) is 18.4. The Morgan fingerprint density at radius 1 is 1.04 bits per heavy atom. The van der Waals surface area contributed by atoms with Gasteiger partial charge in [-0.1, -0.05) is 60.1 Å². The smallest absolute Gasteiger partial charge is 0.182 e. The fourth-order valence-electron chi connectivity index (χ4n) is 2.83. The molecule has 5 nitrogen and oxygen atoms in total. The molecule has 4 rings (SSSR count). The largest absolute Gasteiger partial charge is 0.372 e. The molecule has 6 heteroatoms. The number of fused-ring (bicyclic) bond motifs is 1. The van der Waals surface area contributed by atoms with Crippen LogP contribution >= 0.6 is 11.6 Å². The maximum atomic E-state index is 6.10. The Morgan fingerprint density at radius 3 is 2.60 bits per heavy atom. The van der Waals surface area contributed by atoms with E-state index < -0.39 is 0 Å². The minimum absolute atomic E-state index is 0.485. The topological polar surface area (TPSA) is 55.6 Å². The summed E-state index contributed by atoms with van der Waals surface area (Å²) in [4.78, 5) is 8.87. The van der Waals surface area contributed by atoms with E-state index in [1.54, 1.807) is 13.2 Å². The molecule has 0 aliphatic heterocycles. The highest BCUT2D eigenvalue weighted by atomic mass is 35.5. The van der Waals surface area contributed by atoms with Crippen LogP contribution < -0.4 is 5.32 Å². The van der Waals surface area contributed by atoms with Crippen LogP contribution in [0, 0.1) is 0 Å². The quantitative estimate of drug-likeness (QED) is 0.598. The molecule has 0 atom stereocenters. The molecule has 2 heterocycles. The molecule has 0 saturated heterocycles. The van der Waals surface area contributed by atoms with Crippen LogP contribution in [0.3, 0.4) is 0 Å². The molecule has 0 unspecified atom stereocenters. The van der Waals surface area contributed by atoms with Crippen LogP contribution in [0.15, 0.2) is 60.8 Å². The molecule has 0 aliphatic carbocycles. The van der Waals surface area contributed by atoms with E-state index >= 15 is 0 Å². The predicted molar refractivity (Wildman–Crippen MR) is 101 cm³/mol. The first-order valence-corrected chi connectivity index (χ1v) is 8.34. The van der Waals surface area contributed by atoms with E-state index in [0.29, 0.717) is 23.2 Å². The first kappa shape index (κ1) is 15.6. The van der Waals surface area contributed by atoms with Crippen molar-refractivity contribution >= 4 is 28.3 Å². The van der Waals surface area contributed by atoms with Gasteiger partial charge in [-0.05, 0) is 11.6 Å². The monoisotopic (exact) mass is 349 g/mol. The van der Waals surface area contributed by atoms with Gasteiger partial charge >= 0.3 is 0 Å². The number of nitrogens with one attached hydrogen (secondary N) is 1. The second-order valence-corrected chi connectivity index (χ2v) is 6.06. The zero-order valence-corrected chi connectivity index (χ0v) is 14.4. The highest BCUT2D eigenvalue weighted by Gasteiger charge is 2.15. The highest BCUT2D eigenvalue weighted by Crippen LogP contribution is 2.28. The summed E-state index contributed by atoms with van der Waals surface area (Å²) in [7, 11) is 1.78. The number of hydrogen-bond acceptors (Lipinski definition) is 4. The predicted octanol–water partition coefficient (Wildman–Crippen LogP) is 4.24. The molecule has 0 spiro atoms. The van der Waals surface area contributed by atoms with Crippen LogP contribution in [-0.2, 0) is 6.54 Å². The van der Waals surface area contributed by atoms with Gasteiger partial charge in [0.2, 0.25) is 0 Å². The van der Waals surface area contributed by atoms with Crippen molar-refractivity contribution in [2.75, 3.05) is 12.4 Å². The van der Waals surface area contributed by atoms with Crippen molar-refractivity contribution in [3.8, 4) is 11.5 Å². The standard InChI is InChI=1S/C19H16ClN5/c1-21-18-15(20)11-22-19(23-18)17-14-9-5-6-10-16(14)25(24-17)12-13-7-3-2-4-8-13/h2-11H,12H2,1H3,(H,21,22,23). The molecule has 0 saturated carbocycles. The molecular formula is C19H16ClN5. The molecule has 0 fully saturated rings. The SMILES string of the molecule is CNc1nc(-c2nn(Cc3ccccc3)c3ccccc23)ncc1Cl. The molecule has 0 radical (unpaired) electrons. The van der Waals surface area contributed by atoms with Gasteiger partial charge in [-0.25, -0.2) is 9.97 Å². The lowest BCUT2D eigenvalue weighted by Crippen LogP contribution is -2.02. The number of para-hydroxylation sites is 1.